The van der Waals surface area contributed by atoms with Gasteiger partial charge in [0, 0.05) is 43.7 Å². The third-order valence-electron chi connectivity index (χ3n) is 6.25. The Hall–Kier alpha value is -1.85. The molecule has 1 aliphatic carbocycles. The van der Waals surface area contributed by atoms with E-state index in [-0.39, 0.29) is 6.61 Å². The quantitative estimate of drug-likeness (QED) is 0.875. The van der Waals surface area contributed by atoms with E-state index in [0.29, 0.717) is 12.1 Å². The van der Waals surface area contributed by atoms with Crippen LogP contribution in [0.5, 0.6) is 5.75 Å². The molecule has 2 aliphatic rings. The number of aliphatic hydroxyl groups is 1. The summed E-state index contributed by atoms with van der Waals surface area (Å²) >= 11 is 0. The molecule has 0 amide bonds. The molecule has 4 rings (SSSR count). The van der Waals surface area contributed by atoms with E-state index in [1.54, 1.807) is 7.11 Å². The zero-order valence-corrected chi connectivity index (χ0v) is 16.3. The summed E-state index contributed by atoms with van der Waals surface area (Å²) in [6.45, 7) is 3.23. The second-order valence-corrected chi connectivity index (χ2v) is 7.84. The zero-order valence-electron chi connectivity index (χ0n) is 16.3. The molecule has 1 aromatic heterocycles. The van der Waals surface area contributed by atoms with Crippen molar-refractivity contribution in [1.82, 2.24) is 9.88 Å². The van der Waals surface area contributed by atoms with E-state index in [4.69, 9.17) is 9.72 Å². The molecule has 0 radical (unpaired) electrons. The first-order chi connectivity index (χ1) is 13.3. The lowest BCUT2D eigenvalue weighted by molar-refractivity contribution is 0.0756. The maximum absolute atomic E-state index is 9.62. The van der Waals surface area contributed by atoms with Gasteiger partial charge in [0.15, 0.2) is 0 Å². The summed E-state index contributed by atoms with van der Waals surface area (Å²) in [5, 5.41) is 10.7. The summed E-state index contributed by atoms with van der Waals surface area (Å²) < 4.78 is 5.50. The molecule has 27 heavy (non-hydrogen) atoms. The monoisotopic (exact) mass is 369 g/mol. The molecule has 5 nitrogen and oxygen atoms in total. The summed E-state index contributed by atoms with van der Waals surface area (Å²) in [5.74, 6) is 1.83. The number of benzene rings is 1. The smallest absolute Gasteiger partial charge is 0.145 e. The molecular formula is C22H31N3O2. The summed E-state index contributed by atoms with van der Waals surface area (Å²) in [7, 11) is 1.70. The van der Waals surface area contributed by atoms with Gasteiger partial charge in [-0.3, -0.25) is 4.90 Å². The molecule has 5 heteroatoms. The minimum Gasteiger partial charge on any atom is -0.494 e. The second kappa shape index (κ2) is 8.44. The van der Waals surface area contributed by atoms with E-state index in [9.17, 15) is 5.11 Å². The Morgan fingerprint density at radius 3 is 2.74 bits per heavy atom. The number of anilines is 1. The van der Waals surface area contributed by atoms with E-state index in [0.717, 1.165) is 48.5 Å². The Balaban J connectivity index is 1.55. The lowest BCUT2D eigenvalue weighted by Gasteiger charge is -2.46. The number of para-hydroxylation sites is 1. The van der Waals surface area contributed by atoms with Crippen molar-refractivity contribution in [1.29, 1.82) is 0 Å². The summed E-state index contributed by atoms with van der Waals surface area (Å²) in [5.41, 5.74) is 0.922. The van der Waals surface area contributed by atoms with Crippen LogP contribution >= 0.6 is 0 Å². The number of nitrogens with zero attached hydrogens (tertiary/aromatic N) is 3. The average Bonchev–Trinajstić information content (AvgIpc) is 2.73. The predicted molar refractivity (Wildman–Crippen MR) is 110 cm³/mol. The van der Waals surface area contributed by atoms with Crippen LogP contribution in [0.2, 0.25) is 0 Å². The van der Waals surface area contributed by atoms with Crippen molar-refractivity contribution in [2.24, 2.45) is 0 Å². The number of pyridine rings is 1. The van der Waals surface area contributed by atoms with Crippen molar-refractivity contribution in [3.05, 3.63) is 30.3 Å². The van der Waals surface area contributed by atoms with Crippen LogP contribution in [0.4, 0.5) is 5.82 Å². The molecule has 0 spiro atoms. The van der Waals surface area contributed by atoms with Crippen molar-refractivity contribution in [2.45, 2.75) is 50.6 Å². The third kappa shape index (κ3) is 3.90. The number of hydrogen-bond donors (Lipinski definition) is 1. The lowest BCUT2D eigenvalue weighted by Crippen LogP contribution is -2.57. The van der Waals surface area contributed by atoms with Gasteiger partial charge in [0.1, 0.15) is 17.1 Å². The highest BCUT2D eigenvalue weighted by molar-refractivity contribution is 5.86. The standard InChI is InChI=1S/C22H31N3O2/c1-27-20-9-5-6-17-10-11-21(23-22(17)20)24-13-14-25(19(16-24)12-15-26)18-7-3-2-4-8-18/h5-6,9-11,18-19,26H,2-4,7-8,12-16H2,1H3/t19-/m0/s1. The number of methoxy groups -OCH3 is 1. The number of rotatable bonds is 5. The van der Waals surface area contributed by atoms with E-state index < -0.39 is 0 Å². The normalized spacial score (nSPS) is 22.3. The fraction of sp³-hybridized carbons (Fsp3) is 0.591. The van der Waals surface area contributed by atoms with Crippen LogP contribution in [-0.2, 0) is 0 Å². The highest BCUT2D eigenvalue weighted by Gasteiger charge is 2.32. The van der Waals surface area contributed by atoms with E-state index in [1.807, 2.05) is 12.1 Å². The molecule has 0 bridgehead atoms. The molecular weight excluding hydrogens is 338 g/mol. The van der Waals surface area contributed by atoms with Gasteiger partial charge >= 0.3 is 0 Å². The molecule has 1 aromatic carbocycles. The number of aromatic nitrogens is 1. The van der Waals surface area contributed by atoms with E-state index >= 15 is 0 Å². The molecule has 1 saturated heterocycles. The number of hydrogen-bond acceptors (Lipinski definition) is 5. The van der Waals surface area contributed by atoms with Gasteiger partial charge in [-0.15, -0.1) is 0 Å². The Morgan fingerprint density at radius 1 is 1.11 bits per heavy atom. The van der Waals surface area contributed by atoms with Gasteiger partial charge in [0.25, 0.3) is 0 Å². The van der Waals surface area contributed by atoms with Gasteiger partial charge in [0.05, 0.1) is 7.11 Å². The molecule has 2 heterocycles. The first-order valence-corrected chi connectivity index (χ1v) is 10.4. The second-order valence-electron chi connectivity index (χ2n) is 7.84. The van der Waals surface area contributed by atoms with Crippen molar-refractivity contribution in [3.63, 3.8) is 0 Å². The predicted octanol–water partition coefficient (Wildman–Crippen LogP) is 3.45. The maximum Gasteiger partial charge on any atom is 0.145 e. The SMILES string of the molecule is COc1cccc2ccc(N3CCN(C4CCCCC4)[C@@H](CCO)C3)nc12. The first kappa shape index (κ1) is 18.5. The van der Waals surface area contributed by atoms with Crippen molar-refractivity contribution >= 4 is 16.7 Å². The Labute approximate surface area is 161 Å². The maximum atomic E-state index is 9.62. The highest BCUT2D eigenvalue weighted by Crippen LogP contribution is 2.30. The van der Waals surface area contributed by atoms with Crippen LogP contribution in [0, 0.1) is 0 Å². The Kier molecular flexibility index (Phi) is 5.79. The summed E-state index contributed by atoms with van der Waals surface area (Å²) in [6, 6.07) is 11.4. The van der Waals surface area contributed by atoms with Crippen LogP contribution in [0.3, 0.4) is 0 Å². The van der Waals surface area contributed by atoms with Crippen LogP contribution in [0.1, 0.15) is 38.5 Å². The minimum absolute atomic E-state index is 0.251. The molecule has 1 aliphatic heterocycles. The zero-order chi connectivity index (χ0) is 18.6. The van der Waals surface area contributed by atoms with Crippen LogP contribution in [-0.4, -0.2) is 60.4 Å². The fourth-order valence-electron chi connectivity index (χ4n) is 4.83. The number of piperazine rings is 1. The van der Waals surface area contributed by atoms with Crippen molar-refractivity contribution in [2.75, 3.05) is 38.3 Å². The minimum atomic E-state index is 0.251. The first-order valence-electron chi connectivity index (χ1n) is 10.4. The Bertz CT molecular complexity index is 760. The van der Waals surface area contributed by atoms with Gasteiger partial charge in [0.2, 0.25) is 0 Å². The third-order valence-corrected chi connectivity index (χ3v) is 6.25. The molecule has 146 valence electrons. The summed E-state index contributed by atoms with van der Waals surface area (Å²) in [6.07, 6.45) is 7.54. The van der Waals surface area contributed by atoms with Gasteiger partial charge in [-0.25, -0.2) is 4.98 Å². The summed E-state index contributed by atoms with van der Waals surface area (Å²) in [4.78, 5) is 9.98. The van der Waals surface area contributed by atoms with Crippen LogP contribution < -0.4 is 9.64 Å². The highest BCUT2D eigenvalue weighted by atomic mass is 16.5. The fourth-order valence-corrected chi connectivity index (χ4v) is 4.83. The Morgan fingerprint density at radius 2 is 1.96 bits per heavy atom. The van der Waals surface area contributed by atoms with Gasteiger partial charge in [-0.05, 0) is 37.5 Å². The average molecular weight is 370 g/mol. The topological polar surface area (TPSA) is 48.8 Å². The largest absolute Gasteiger partial charge is 0.494 e. The number of ether oxygens (including phenoxy) is 1. The number of aliphatic hydroxyl groups excluding tert-OH is 1. The van der Waals surface area contributed by atoms with Crippen LogP contribution in [0.15, 0.2) is 30.3 Å². The van der Waals surface area contributed by atoms with E-state index in [2.05, 4.69) is 28.0 Å². The lowest BCUT2D eigenvalue weighted by atomic mass is 9.92. The van der Waals surface area contributed by atoms with Crippen molar-refractivity contribution in [3.8, 4) is 5.75 Å². The molecule has 1 atom stereocenters. The molecule has 2 aromatic rings. The molecule has 1 N–H and O–H groups in total. The van der Waals surface area contributed by atoms with E-state index in [1.165, 1.54) is 32.1 Å². The van der Waals surface area contributed by atoms with Crippen LogP contribution in [0.25, 0.3) is 10.9 Å². The van der Waals surface area contributed by atoms with Crippen molar-refractivity contribution < 1.29 is 9.84 Å². The van der Waals surface area contributed by atoms with Gasteiger partial charge < -0.3 is 14.7 Å². The molecule has 0 unspecified atom stereocenters. The molecule has 1 saturated carbocycles. The van der Waals surface area contributed by atoms with Gasteiger partial charge in [-0.2, -0.15) is 0 Å². The number of fused-ring (bicyclic) bond motifs is 1. The molecule has 2 fully saturated rings. The van der Waals surface area contributed by atoms with Gasteiger partial charge in [-0.1, -0.05) is 31.4 Å².